The molecule has 31 heavy (non-hydrogen) atoms. The minimum Gasteiger partial charge on any atom is -0.493 e. The number of nitrogens with zero attached hydrogens (tertiary/aromatic N) is 1. The summed E-state index contributed by atoms with van der Waals surface area (Å²) in [5, 5.41) is 4.12. The van der Waals surface area contributed by atoms with Crippen molar-refractivity contribution in [3.63, 3.8) is 0 Å². The minimum absolute atomic E-state index is 0.363. The van der Waals surface area contributed by atoms with E-state index in [-0.39, 0.29) is 5.91 Å². The molecule has 1 amide bonds. The van der Waals surface area contributed by atoms with Gasteiger partial charge in [-0.25, -0.2) is 5.43 Å². The summed E-state index contributed by atoms with van der Waals surface area (Å²) in [6, 6.07) is 20.7. The largest absolute Gasteiger partial charge is 0.493 e. The average Bonchev–Trinajstić information content (AvgIpc) is 2.78. The molecule has 0 saturated heterocycles. The van der Waals surface area contributed by atoms with E-state index < -0.39 is 0 Å². The molecule has 160 valence electrons. The molecule has 0 aliphatic rings. The van der Waals surface area contributed by atoms with E-state index in [0.717, 1.165) is 26.5 Å². The number of halogens is 2. The van der Waals surface area contributed by atoms with E-state index in [4.69, 9.17) is 9.47 Å². The number of amides is 1. The zero-order valence-corrected chi connectivity index (χ0v) is 20.1. The van der Waals surface area contributed by atoms with Crippen molar-refractivity contribution in [1.29, 1.82) is 0 Å². The number of hydrogen-bond donors (Lipinski definition) is 1. The van der Waals surface area contributed by atoms with Gasteiger partial charge in [0.15, 0.2) is 0 Å². The number of carbonyl (C=O) groups excluding carboxylic acids is 1. The fourth-order valence-electron chi connectivity index (χ4n) is 2.73. The monoisotopic (exact) mass is 544 g/mol. The highest BCUT2D eigenvalue weighted by molar-refractivity contribution is 9.10. The Morgan fingerprint density at radius 2 is 1.68 bits per heavy atom. The van der Waals surface area contributed by atoms with Gasteiger partial charge >= 0.3 is 0 Å². The van der Waals surface area contributed by atoms with Crippen LogP contribution < -0.4 is 14.9 Å². The molecule has 0 unspecified atom stereocenters. The molecule has 7 heteroatoms. The van der Waals surface area contributed by atoms with E-state index in [1.165, 1.54) is 0 Å². The summed E-state index contributed by atoms with van der Waals surface area (Å²) in [7, 11) is 0. The van der Waals surface area contributed by atoms with Gasteiger partial charge in [-0.1, -0.05) is 69.1 Å². The first-order chi connectivity index (χ1) is 15.1. The Labute approximate surface area is 198 Å². The van der Waals surface area contributed by atoms with Crippen LogP contribution in [-0.4, -0.2) is 18.7 Å². The first-order valence-corrected chi connectivity index (χ1v) is 11.4. The number of nitrogens with one attached hydrogen (secondary N) is 1. The van der Waals surface area contributed by atoms with Gasteiger partial charge in [0.05, 0.1) is 18.4 Å². The smallest absolute Gasteiger partial charge is 0.275 e. The highest BCUT2D eigenvalue weighted by Gasteiger charge is 2.13. The van der Waals surface area contributed by atoms with E-state index in [1.807, 2.05) is 61.5 Å². The van der Waals surface area contributed by atoms with Crippen molar-refractivity contribution in [3.8, 4) is 11.5 Å². The zero-order chi connectivity index (χ0) is 22.1. The second kappa shape index (κ2) is 11.7. The summed E-state index contributed by atoms with van der Waals surface area (Å²) >= 11 is 6.86. The van der Waals surface area contributed by atoms with Gasteiger partial charge in [0.1, 0.15) is 18.1 Å². The fourth-order valence-corrected chi connectivity index (χ4v) is 3.47. The summed E-state index contributed by atoms with van der Waals surface area (Å²) in [4.78, 5) is 12.8. The SMILES string of the molecule is CCCOc1ccc(Br)cc1C=NNC(=O)c1cc(Br)ccc1OCc1ccccc1. The van der Waals surface area contributed by atoms with Crippen LogP contribution in [0.15, 0.2) is 80.8 Å². The first kappa shape index (κ1) is 23.0. The first-order valence-electron chi connectivity index (χ1n) is 9.79. The van der Waals surface area contributed by atoms with Crippen LogP contribution in [0, 0.1) is 0 Å². The summed E-state index contributed by atoms with van der Waals surface area (Å²) in [5.74, 6) is 0.818. The molecule has 0 aromatic heterocycles. The normalized spacial score (nSPS) is 10.8. The molecule has 0 saturated carbocycles. The molecular weight excluding hydrogens is 524 g/mol. The minimum atomic E-state index is -0.369. The van der Waals surface area contributed by atoms with Crippen molar-refractivity contribution in [1.82, 2.24) is 5.43 Å². The number of hydrazone groups is 1. The molecule has 0 fully saturated rings. The maximum Gasteiger partial charge on any atom is 0.275 e. The molecule has 0 aliphatic carbocycles. The highest BCUT2D eigenvalue weighted by atomic mass is 79.9. The van der Waals surface area contributed by atoms with Crippen LogP contribution in [0.2, 0.25) is 0 Å². The Kier molecular flexibility index (Phi) is 8.67. The lowest BCUT2D eigenvalue weighted by Crippen LogP contribution is -2.19. The molecule has 3 aromatic rings. The van der Waals surface area contributed by atoms with Gasteiger partial charge in [-0.3, -0.25) is 4.79 Å². The van der Waals surface area contributed by atoms with E-state index >= 15 is 0 Å². The van der Waals surface area contributed by atoms with E-state index in [2.05, 4.69) is 42.4 Å². The zero-order valence-electron chi connectivity index (χ0n) is 17.0. The molecule has 0 aliphatic heterocycles. The predicted octanol–water partition coefficient (Wildman–Crippen LogP) is 6.34. The fraction of sp³-hybridized carbons (Fsp3) is 0.167. The Balaban J connectivity index is 1.72. The van der Waals surface area contributed by atoms with Crippen molar-refractivity contribution >= 4 is 44.0 Å². The Morgan fingerprint density at radius 1 is 0.968 bits per heavy atom. The van der Waals surface area contributed by atoms with E-state index in [9.17, 15) is 4.79 Å². The molecule has 3 aromatic carbocycles. The second-order valence-corrected chi connectivity index (χ2v) is 8.48. The van der Waals surface area contributed by atoms with Gasteiger partial charge < -0.3 is 9.47 Å². The molecule has 0 spiro atoms. The molecular formula is C24H22Br2N2O3. The van der Waals surface area contributed by atoms with E-state index in [1.54, 1.807) is 18.3 Å². The van der Waals surface area contributed by atoms with Crippen LogP contribution in [0.1, 0.15) is 34.8 Å². The predicted molar refractivity (Wildman–Crippen MR) is 130 cm³/mol. The van der Waals surface area contributed by atoms with Gasteiger partial charge in [0.2, 0.25) is 0 Å². The molecule has 0 heterocycles. The third kappa shape index (κ3) is 6.94. The quantitative estimate of drug-likeness (QED) is 0.252. The summed E-state index contributed by atoms with van der Waals surface area (Å²) in [6.07, 6.45) is 2.47. The summed E-state index contributed by atoms with van der Waals surface area (Å²) in [6.45, 7) is 3.01. The maximum absolute atomic E-state index is 12.8. The number of ether oxygens (including phenoxy) is 2. The van der Waals surface area contributed by atoms with Crippen molar-refractivity contribution in [2.24, 2.45) is 5.10 Å². The van der Waals surface area contributed by atoms with Crippen molar-refractivity contribution < 1.29 is 14.3 Å². The van der Waals surface area contributed by atoms with Crippen molar-refractivity contribution in [2.45, 2.75) is 20.0 Å². The van der Waals surface area contributed by atoms with Crippen LogP contribution >= 0.6 is 31.9 Å². The molecule has 0 radical (unpaired) electrons. The average molecular weight is 546 g/mol. The van der Waals surface area contributed by atoms with Crippen LogP contribution in [-0.2, 0) is 6.61 Å². The lowest BCUT2D eigenvalue weighted by Gasteiger charge is -2.11. The van der Waals surface area contributed by atoms with Gasteiger partial charge in [-0.2, -0.15) is 5.10 Å². The highest BCUT2D eigenvalue weighted by Crippen LogP contribution is 2.25. The maximum atomic E-state index is 12.8. The summed E-state index contributed by atoms with van der Waals surface area (Å²) < 4.78 is 13.3. The van der Waals surface area contributed by atoms with E-state index in [0.29, 0.717) is 30.3 Å². The van der Waals surface area contributed by atoms with Crippen LogP contribution in [0.3, 0.4) is 0 Å². The molecule has 3 rings (SSSR count). The number of benzene rings is 3. The Bertz CT molecular complexity index is 1060. The number of carbonyl (C=O) groups is 1. The van der Waals surface area contributed by atoms with Gasteiger partial charge in [0, 0.05) is 14.5 Å². The lowest BCUT2D eigenvalue weighted by molar-refractivity contribution is 0.0950. The number of rotatable bonds is 9. The van der Waals surface area contributed by atoms with Gasteiger partial charge in [0.25, 0.3) is 5.91 Å². The van der Waals surface area contributed by atoms with Crippen molar-refractivity contribution in [3.05, 3.63) is 92.4 Å². The standard InChI is InChI=1S/C24H22Br2N2O3/c1-2-12-30-22-10-8-19(25)13-18(22)15-27-28-24(29)21-14-20(26)9-11-23(21)31-16-17-6-4-3-5-7-17/h3-11,13-15H,2,12,16H2,1H3,(H,28,29). The van der Waals surface area contributed by atoms with Crippen LogP contribution in [0.4, 0.5) is 0 Å². The third-order valence-corrected chi connectivity index (χ3v) is 5.21. The third-order valence-electron chi connectivity index (χ3n) is 4.23. The molecule has 5 nitrogen and oxygen atoms in total. The second-order valence-electron chi connectivity index (χ2n) is 6.64. The van der Waals surface area contributed by atoms with Gasteiger partial charge in [-0.15, -0.1) is 0 Å². The lowest BCUT2D eigenvalue weighted by atomic mass is 10.2. The molecule has 0 atom stereocenters. The Morgan fingerprint density at radius 3 is 2.42 bits per heavy atom. The topological polar surface area (TPSA) is 59.9 Å². The van der Waals surface area contributed by atoms with Crippen LogP contribution in [0.5, 0.6) is 11.5 Å². The summed E-state index contributed by atoms with van der Waals surface area (Å²) in [5.41, 5.74) is 4.74. The van der Waals surface area contributed by atoms with Crippen LogP contribution in [0.25, 0.3) is 0 Å². The van der Waals surface area contributed by atoms with Crippen molar-refractivity contribution in [2.75, 3.05) is 6.61 Å². The number of hydrogen-bond acceptors (Lipinski definition) is 4. The molecule has 1 N–H and O–H groups in total. The van der Waals surface area contributed by atoms with Gasteiger partial charge in [-0.05, 0) is 48.4 Å². The Hall–Kier alpha value is -2.64. The molecule has 0 bridgehead atoms.